The maximum Gasteiger partial charge on any atom is 0.315 e. The van der Waals surface area contributed by atoms with Crippen molar-refractivity contribution in [1.29, 1.82) is 0 Å². The monoisotopic (exact) mass is 444 g/mol. The predicted octanol–water partition coefficient (Wildman–Crippen LogP) is -0.598. The molecule has 3 aliphatic heterocycles. The van der Waals surface area contributed by atoms with Crippen LogP contribution >= 0.6 is 0 Å². The van der Waals surface area contributed by atoms with Crippen LogP contribution in [0.4, 0.5) is 0 Å². The van der Waals surface area contributed by atoms with Gasteiger partial charge in [0.1, 0.15) is 24.7 Å². The van der Waals surface area contributed by atoms with Crippen LogP contribution in [0.15, 0.2) is 0 Å². The van der Waals surface area contributed by atoms with E-state index in [9.17, 15) is 24.0 Å². The van der Waals surface area contributed by atoms with Crippen LogP contribution in [-0.2, 0) is 57.1 Å². The van der Waals surface area contributed by atoms with Gasteiger partial charge in [0.25, 0.3) is 0 Å². The van der Waals surface area contributed by atoms with Crippen LogP contribution in [-0.4, -0.2) is 79.4 Å². The molecule has 3 saturated heterocycles. The molecule has 7 atom stereocenters. The van der Waals surface area contributed by atoms with Gasteiger partial charge in [-0.05, 0) is 0 Å². The maximum absolute atomic E-state index is 12.5. The fraction of sp³-hybridized carbons (Fsp3) is 0.737. The van der Waals surface area contributed by atoms with Gasteiger partial charge in [-0.15, -0.1) is 0 Å². The van der Waals surface area contributed by atoms with E-state index in [-0.39, 0.29) is 13.0 Å². The molecule has 0 aliphatic carbocycles. The zero-order valence-electron chi connectivity index (χ0n) is 17.5. The lowest BCUT2D eigenvalue weighted by molar-refractivity contribution is -0.385. The number of fused-ring (bicyclic) bond motifs is 3. The highest BCUT2D eigenvalue weighted by atomic mass is 16.8. The van der Waals surface area contributed by atoms with E-state index in [4.69, 9.17) is 33.2 Å². The molecule has 0 aromatic heterocycles. The second-order valence-electron chi connectivity index (χ2n) is 7.52. The number of ether oxygens (including phenoxy) is 7. The molecule has 1 spiro atoms. The van der Waals surface area contributed by atoms with E-state index in [1.165, 1.54) is 6.92 Å². The second kappa shape index (κ2) is 8.79. The van der Waals surface area contributed by atoms with E-state index in [1.807, 2.05) is 0 Å². The van der Waals surface area contributed by atoms with Crippen molar-refractivity contribution in [3.05, 3.63) is 0 Å². The van der Waals surface area contributed by atoms with Crippen molar-refractivity contribution in [2.45, 2.75) is 70.4 Å². The highest BCUT2D eigenvalue weighted by Crippen LogP contribution is 2.48. The fourth-order valence-corrected chi connectivity index (χ4v) is 4.10. The van der Waals surface area contributed by atoms with Crippen molar-refractivity contribution in [1.82, 2.24) is 0 Å². The Hall–Kier alpha value is -2.73. The molecule has 0 radical (unpaired) electrons. The van der Waals surface area contributed by atoms with Crippen LogP contribution in [0.1, 0.15) is 34.1 Å². The van der Waals surface area contributed by atoms with Gasteiger partial charge in [-0.25, -0.2) is 0 Å². The lowest BCUT2D eigenvalue weighted by atomic mass is 9.81. The summed E-state index contributed by atoms with van der Waals surface area (Å²) in [5.74, 6) is -6.51. The lowest BCUT2D eigenvalue weighted by Crippen LogP contribution is -2.72. The summed E-state index contributed by atoms with van der Waals surface area (Å²) >= 11 is 0. The van der Waals surface area contributed by atoms with E-state index < -0.39 is 78.7 Å². The van der Waals surface area contributed by atoms with Crippen LogP contribution in [0.25, 0.3) is 0 Å². The first-order valence-corrected chi connectivity index (χ1v) is 9.70. The van der Waals surface area contributed by atoms with Gasteiger partial charge in [-0.2, -0.15) is 0 Å². The first-order valence-electron chi connectivity index (χ1n) is 9.70. The summed E-state index contributed by atoms with van der Waals surface area (Å²) < 4.78 is 38.3. The SMILES string of the molecule is CC(=O)OC[C@H]1O[C@@]2(OC[C@H]3C[C@@H]2C(=O)O3)[C@H](OC(C)=O)[C@@H](OC(C)=O)[C@@H]1OC(C)=O. The molecule has 3 rings (SSSR count). The molecule has 3 aliphatic rings. The summed E-state index contributed by atoms with van der Waals surface area (Å²) in [5, 5.41) is 0. The smallest absolute Gasteiger partial charge is 0.315 e. The largest absolute Gasteiger partial charge is 0.463 e. The molecule has 0 amide bonds. The average molecular weight is 444 g/mol. The highest BCUT2D eigenvalue weighted by Gasteiger charge is 2.69. The van der Waals surface area contributed by atoms with Crippen LogP contribution in [0.5, 0.6) is 0 Å². The Morgan fingerprint density at radius 1 is 0.935 bits per heavy atom. The molecular weight excluding hydrogens is 420 g/mol. The molecule has 172 valence electrons. The Balaban J connectivity index is 2.08. The maximum atomic E-state index is 12.5. The Morgan fingerprint density at radius 3 is 2.13 bits per heavy atom. The predicted molar refractivity (Wildman–Crippen MR) is 94.8 cm³/mol. The molecule has 12 nitrogen and oxygen atoms in total. The molecule has 3 fully saturated rings. The number of carbonyl (C=O) groups excluding carboxylic acids is 5. The summed E-state index contributed by atoms with van der Waals surface area (Å²) in [4.78, 5) is 59.5. The standard InChI is InChI=1S/C19H24O12/c1-8(20)25-7-14-15(27-9(2)21)16(28-10(3)22)17(29-11(4)23)19(31-14)13-5-12(6-26-19)30-18(13)24/h12-17H,5-7H2,1-4H3/t12-,13-,14-,15-,16+,17-,19-/m1/s1. The molecule has 3 heterocycles. The van der Waals surface area contributed by atoms with Gasteiger partial charge in [0, 0.05) is 34.1 Å². The fourth-order valence-electron chi connectivity index (χ4n) is 4.10. The molecule has 0 saturated carbocycles. The van der Waals surface area contributed by atoms with E-state index >= 15 is 0 Å². The van der Waals surface area contributed by atoms with Crippen molar-refractivity contribution >= 4 is 29.8 Å². The van der Waals surface area contributed by atoms with Gasteiger partial charge in [0.15, 0.2) is 18.3 Å². The summed E-state index contributed by atoms with van der Waals surface area (Å²) in [6.07, 6.45) is -5.70. The summed E-state index contributed by atoms with van der Waals surface area (Å²) in [5.41, 5.74) is 0. The third kappa shape index (κ3) is 4.64. The zero-order chi connectivity index (χ0) is 22.9. The van der Waals surface area contributed by atoms with Gasteiger partial charge < -0.3 is 33.2 Å². The first-order chi connectivity index (χ1) is 14.5. The van der Waals surface area contributed by atoms with Gasteiger partial charge in [-0.1, -0.05) is 0 Å². The first kappa shape index (κ1) is 22.9. The van der Waals surface area contributed by atoms with Gasteiger partial charge >= 0.3 is 29.8 Å². The van der Waals surface area contributed by atoms with Crippen molar-refractivity contribution in [3.63, 3.8) is 0 Å². The molecule has 0 aromatic carbocycles. The Labute approximate surface area is 177 Å². The normalized spacial score (nSPS) is 36.3. The molecule has 12 heteroatoms. The van der Waals surface area contributed by atoms with Crippen LogP contribution in [0, 0.1) is 5.92 Å². The molecular formula is C19H24O12. The quantitative estimate of drug-likeness (QED) is 0.393. The Morgan fingerprint density at radius 2 is 1.55 bits per heavy atom. The minimum absolute atomic E-state index is 0.0642. The molecule has 0 unspecified atom stereocenters. The number of carbonyl (C=O) groups is 5. The van der Waals surface area contributed by atoms with E-state index in [2.05, 4.69) is 0 Å². The summed E-state index contributed by atoms with van der Waals surface area (Å²) in [6, 6.07) is 0. The third-order valence-electron chi connectivity index (χ3n) is 5.12. The van der Waals surface area contributed by atoms with E-state index in [1.54, 1.807) is 0 Å². The van der Waals surface area contributed by atoms with Crippen molar-refractivity contribution in [3.8, 4) is 0 Å². The Kier molecular flexibility index (Phi) is 6.51. The molecule has 0 N–H and O–H groups in total. The lowest BCUT2D eigenvalue weighted by Gasteiger charge is -2.52. The zero-order valence-corrected chi connectivity index (χ0v) is 17.5. The van der Waals surface area contributed by atoms with Gasteiger partial charge in [0.2, 0.25) is 5.79 Å². The summed E-state index contributed by atoms with van der Waals surface area (Å²) in [7, 11) is 0. The van der Waals surface area contributed by atoms with E-state index in [0.29, 0.717) is 0 Å². The number of rotatable bonds is 5. The van der Waals surface area contributed by atoms with Gasteiger partial charge in [-0.3, -0.25) is 24.0 Å². The molecule has 31 heavy (non-hydrogen) atoms. The minimum atomic E-state index is -1.91. The second-order valence-corrected chi connectivity index (χ2v) is 7.52. The molecule has 0 aromatic rings. The van der Waals surface area contributed by atoms with Crippen molar-refractivity contribution in [2.75, 3.05) is 13.2 Å². The van der Waals surface area contributed by atoms with Crippen molar-refractivity contribution < 1.29 is 57.1 Å². The topological polar surface area (TPSA) is 150 Å². The van der Waals surface area contributed by atoms with Gasteiger partial charge in [0.05, 0.1) is 6.61 Å². The average Bonchev–Trinajstić information content (AvgIpc) is 2.97. The number of hydrogen-bond acceptors (Lipinski definition) is 12. The highest BCUT2D eigenvalue weighted by molar-refractivity contribution is 5.77. The number of esters is 5. The summed E-state index contributed by atoms with van der Waals surface area (Å²) in [6.45, 7) is 4.04. The van der Waals surface area contributed by atoms with Crippen LogP contribution < -0.4 is 0 Å². The third-order valence-corrected chi connectivity index (χ3v) is 5.12. The number of hydrogen-bond donors (Lipinski definition) is 0. The Bertz CT molecular complexity index is 778. The van der Waals surface area contributed by atoms with Crippen LogP contribution in [0.2, 0.25) is 0 Å². The van der Waals surface area contributed by atoms with E-state index in [0.717, 1.165) is 20.8 Å². The minimum Gasteiger partial charge on any atom is -0.463 e. The van der Waals surface area contributed by atoms with Crippen molar-refractivity contribution in [2.24, 2.45) is 5.92 Å². The van der Waals surface area contributed by atoms with Crippen LogP contribution in [0.3, 0.4) is 0 Å². The molecule has 2 bridgehead atoms.